The van der Waals surface area contributed by atoms with Crippen LogP contribution in [0.1, 0.15) is 46.1 Å². The Labute approximate surface area is 158 Å². The van der Waals surface area contributed by atoms with Crippen molar-refractivity contribution in [2.75, 3.05) is 5.75 Å². The van der Waals surface area contributed by atoms with E-state index in [1.54, 1.807) is 0 Å². The highest BCUT2D eigenvalue weighted by atomic mass is 32.2. The second-order valence-corrected chi connectivity index (χ2v) is 7.48. The predicted molar refractivity (Wildman–Crippen MR) is 105 cm³/mol. The van der Waals surface area contributed by atoms with Crippen molar-refractivity contribution in [1.82, 2.24) is 19.3 Å². The van der Waals surface area contributed by atoms with Crippen LogP contribution in [0.15, 0.2) is 41.6 Å². The molecule has 0 N–H and O–H groups in total. The molecule has 0 radical (unpaired) electrons. The summed E-state index contributed by atoms with van der Waals surface area (Å²) < 4.78 is 4.14. The number of rotatable bonds is 6. The summed E-state index contributed by atoms with van der Waals surface area (Å²) in [7, 11) is 1.91. The second-order valence-electron chi connectivity index (χ2n) is 6.54. The molecular weight excluding hydrogens is 344 g/mol. The summed E-state index contributed by atoms with van der Waals surface area (Å²) in [5.41, 5.74) is 4.13. The number of hydrogen-bond acceptors (Lipinski definition) is 4. The van der Waals surface area contributed by atoms with Gasteiger partial charge in [0.15, 0.2) is 10.9 Å². The first-order valence-corrected chi connectivity index (χ1v) is 9.64. The summed E-state index contributed by atoms with van der Waals surface area (Å²) in [5, 5.41) is 8.91. The minimum Gasteiger partial charge on any atom is -0.341 e. The number of carbonyl (C=O) groups is 1. The minimum absolute atomic E-state index is 0.121. The zero-order valence-electron chi connectivity index (χ0n) is 15.9. The second kappa shape index (κ2) is 7.50. The molecule has 0 aliphatic heterocycles. The van der Waals surface area contributed by atoms with Crippen molar-refractivity contribution in [3.8, 4) is 0 Å². The maximum atomic E-state index is 12.8. The van der Waals surface area contributed by atoms with Crippen LogP contribution in [0, 0.1) is 20.8 Å². The van der Waals surface area contributed by atoms with Crippen LogP contribution in [-0.4, -0.2) is 30.9 Å². The number of thioether (sulfide) groups is 1. The molecular formula is C20H24N4OS. The van der Waals surface area contributed by atoms with Gasteiger partial charge in [-0.2, -0.15) is 0 Å². The van der Waals surface area contributed by atoms with Gasteiger partial charge in [-0.1, -0.05) is 42.1 Å². The van der Waals surface area contributed by atoms with Gasteiger partial charge in [0.2, 0.25) is 0 Å². The summed E-state index contributed by atoms with van der Waals surface area (Å²) in [6.45, 7) is 8.15. The predicted octanol–water partition coefficient (Wildman–Crippen LogP) is 4.13. The molecule has 0 amide bonds. The molecule has 1 aromatic carbocycles. The lowest BCUT2D eigenvalue weighted by Crippen LogP contribution is -2.12. The van der Waals surface area contributed by atoms with Crippen LogP contribution < -0.4 is 0 Å². The van der Waals surface area contributed by atoms with Crippen LogP contribution in [0.5, 0.6) is 0 Å². The number of aromatic nitrogens is 4. The van der Waals surface area contributed by atoms with Gasteiger partial charge in [-0.05, 0) is 39.3 Å². The van der Waals surface area contributed by atoms with Crippen molar-refractivity contribution in [3.63, 3.8) is 0 Å². The summed E-state index contributed by atoms with van der Waals surface area (Å²) in [4.78, 5) is 12.8. The SMILES string of the molecule is Cc1nnc(SCC(=O)c2cc(C)n([C@@H](C)c3ccccc3)c2C)n1C. The number of benzene rings is 1. The van der Waals surface area contributed by atoms with Gasteiger partial charge in [-0.15, -0.1) is 10.2 Å². The average molecular weight is 369 g/mol. The van der Waals surface area contributed by atoms with Gasteiger partial charge in [-0.25, -0.2) is 0 Å². The molecule has 0 spiro atoms. The number of hydrogen-bond donors (Lipinski definition) is 0. The molecule has 0 saturated carbocycles. The van der Waals surface area contributed by atoms with E-state index in [0.717, 1.165) is 27.9 Å². The fraction of sp³-hybridized carbons (Fsp3) is 0.350. The van der Waals surface area contributed by atoms with E-state index < -0.39 is 0 Å². The quantitative estimate of drug-likeness (QED) is 0.485. The lowest BCUT2D eigenvalue weighted by molar-refractivity contribution is 0.102. The fourth-order valence-corrected chi connectivity index (χ4v) is 4.10. The number of nitrogens with zero attached hydrogens (tertiary/aromatic N) is 4. The van der Waals surface area contributed by atoms with Gasteiger partial charge in [0.1, 0.15) is 5.82 Å². The first kappa shape index (κ1) is 18.5. The normalized spacial score (nSPS) is 12.3. The molecule has 0 aliphatic carbocycles. The van der Waals surface area contributed by atoms with Crippen LogP contribution in [0.25, 0.3) is 0 Å². The number of aryl methyl sites for hydroxylation is 2. The Hall–Kier alpha value is -2.34. The fourth-order valence-electron chi connectivity index (χ4n) is 3.26. The lowest BCUT2D eigenvalue weighted by Gasteiger charge is -2.19. The van der Waals surface area contributed by atoms with E-state index in [-0.39, 0.29) is 11.8 Å². The molecule has 3 aromatic rings. The monoisotopic (exact) mass is 368 g/mol. The topological polar surface area (TPSA) is 52.7 Å². The molecule has 26 heavy (non-hydrogen) atoms. The van der Waals surface area contributed by atoms with E-state index in [4.69, 9.17) is 0 Å². The van der Waals surface area contributed by atoms with E-state index in [1.807, 2.05) is 49.7 Å². The maximum absolute atomic E-state index is 12.8. The van der Waals surface area contributed by atoms with Crippen LogP contribution in [-0.2, 0) is 7.05 Å². The Morgan fingerprint density at radius 1 is 1.15 bits per heavy atom. The van der Waals surface area contributed by atoms with Gasteiger partial charge in [0, 0.05) is 24.0 Å². The first-order valence-electron chi connectivity index (χ1n) is 8.65. The Bertz CT molecular complexity index is 927. The van der Waals surface area contributed by atoms with Gasteiger partial charge >= 0.3 is 0 Å². The zero-order chi connectivity index (χ0) is 18.8. The summed E-state index contributed by atoms with van der Waals surface area (Å²) >= 11 is 1.43. The molecule has 136 valence electrons. The minimum atomic E-state index is 0.121. The van der Waals surface area contributed by atoms with Gasteiger partial charge in [-0.3, -0.25) is 4.79 Å². The molecule has 0 aliphatic rings. The largest absolute Gasteiger partial charge is 0.341 e. The van der Waals surface area contributed by atoms with Crippen molar-refractivity contribution in [2.45, 2.75) is 38.9 Å². The van der Waals surface area contributed by atoms with Crippen molar-refractivity contribution < 1.29 is 4.79 Å². The molecule has 0 fully saturated rings. The van der Waals surface area contributed by atoms with E-state index in [2.05, 4.69) is 40.7 Å². The molecule has 0 bridgehead atoms. The van der Waals surface area contributed by atoms with Crippen LogP contribution in [0.4, 0.5) is 0 Å². The zero-order valence-corrected chi connectivity index (χ0v) is 16.7. The van der Waals surface area contributed by atoms with Crippen molar-refractivity contribution in [3.05, 3.63) is 64.7 Å². The first-order chi connectivity index (χ1) is 12.4. The Balaban J connectivity index is 1.81. The van der Waals surface area contributed by atoms with Gasteiger partial charge in [0.25, 0.3) is 0 Å². The molecule has 5 nitrogen and oxygen atoms in total. The van der Waals surface area contributed by atoms with E-state index in [0.29, 0.717) is 5.75 Å². The molecule has 2 heterocycles. The molecule has 0 saturated heterocycles. The molecule has 2 aromatic heterocycles. The molecule has 0 unspecified atom stereocenters. The standard InChI is InChI=1S/C20H24N4OS/c1-13-11-18(19(25)12-26-20-22-21-16(4)23(20)5)15(3)24(13)14(2)17-9-7-6-8-10-17/h6-11,14H,12H2,1-5H3/t14-/m0/s1. The summed E-state index contributed by atoms with van der Waals surface area (Å²) in [6, 6.07) is 12.5. The highest BCUT2D eigenvalue weighted by molar-refractivity contribution is 7.99. The Kier molecular flexibility index (Phi) is 5.32. The number of Topliss-reactive ketones (excluding diaryl/α,β-unsaturated/α-hetero) is 1. The highest BCUT2D eigenvalue weighted by Gasteiger charge is 2.20. The van der Waals surface area contributed by atoms with Crippen molar-refractivity contribution >= 4 is 17.5 Å². The average Bonchev–Trinajstić information content (AvgIpc) is 3.12. The van der Waals surface area contributed by atoms with Crippen molar-refractivity contribution in [1.29, 1.82) is 0 Å². The van der Waals surface area contributed by atoms with E-state index in [9.17, 15) is 4.79 Å². The van der Waals surface area contributed by atoms with E-state index in [1.165, 1.54) is 17.3 Å². The van der Waals surface area contributed by atoms with Crippen LogP contribution in [0.2, 0.25) is 0 Å². The third kappa shape index (κ3) is 3.46. The van der Waals surface area contributed by atoms with Gasteiger partial charge in [0.05, 0.1) is 11.8 Å². The highest BCUT2D eigenvalue weighted by Crippen LogP contribution is 2.27. The Morgan fingerprint density at radius 3 is 2.46 bits per heavy atom. The summed E-state index contributed by atoms with van der Waals surface area (Å²) in [5.74, 6) is 1.32. The van der Waals surface area contributed by atoms with E-state index >= 15 is 0 Å². The van der Waals surface area contributed by atoms with Crippen LogP contribution >= 0.6 is 11.8 Å². The lowest BCUT2D eigenvalue weighted by atomic mass is 10.1. The maximum Gasteiger partial charge on any atom is 0.191 e. The van der Waals surface area contributed by atoms with Crippen molar-refractivity contribution in [2.24, 2.45) is 7.05 Å². The third-order valence-electron chi connectivity index (χ3n) is 4.84. The number of ketones is 1. The molecule has 6 heteroatoms. The third-order valence-corrected chi connectivity index (χ3v) is 5.86. The van der Waals surface area contributed by atoms with Crippen LogP contribution in [0.3, 0.4) is 0 Å². The molecule has 3 rings (SSSR count). The Morgan fingerprint density at radius 2 is 1.85 bits per heavy atom. The number of carbonyl (C=O) groups excluding carboxylic acids is 1. The smallest absolute Gasteiger partial charge is 0.191 e. The summed E-state index contributed by atoms with van der Waals surface area (Å²) in [6.07, 6.45) is 0. The molecule has 1 atom stereocenters. The van der Waals surface area contributed by atoms with Gasteiger partial charge < -0.3 is 9.13 Å².